The zero-order valence-electron chi connectivity index (χ0n) is 13.4. The number of rotatable bonds is 6. The Balaban J connectivity index is 1.89. The van der Waals surface area contributed by atoms with Crippen LogP contribution in [-0.2, 0) is 10.0 Å². The van der Waals surface area contributed by atoms with Crippen molar-refractivity contribution in [3.63, 3.8) is 0 Å². The molecule has 0 bridgehead atoms. The molecule has 1 fully saturated rings. The van der Waals surface area contributed by atoms with E-state index in [9.17, 15) is 13.2 Å². The Kier molecular flexibility index (Phi) is 6.50. The van der Waals surface area contributed by atoms with Gasteiger partial charge in [0.05, 0.1) is 11.3 Å². The summed E-state index contributed by atoms with van der Waals surface area (Å²) in [5.74, 6) is 0.137. The first kappa shape index (κ1) is 18.3. The van der Waals surface area contributed by atoms with Crippen LogP contribution in [0.2, 0.25) is 0 Å². The number of carbonyl (C=O) groups excluding carboxylic acids is 1. The fraction of sp³-hybridized carbons (Fsp3) is 0.562. The van der Waals surface area contributed by atoms with Gasteiger partial charge >= 0.3 is 0 Å². The third kappa shape index (κ3) is 5.22. The van der Waals surface area contributed by atoms with Gasteiger partial charge in [-0.15, -0.1) is 12.6 Å². The summed E-state index contributed by atoms with van der Waals surface area (Å²) in [4.78, 5) is 14.9. The molecule has 1 amide bonds. The molecule has 5 nitrogen and oxygen atoms in total. The summed E-state index contributed by atoms with van der Waals surface area (Å²) in [6, 6.07) is 7.15. The van der Waals surface area contributed by atoms with E-state index in [1.54, 1.807) is 17.0 Å². The first-order valence-electron chi connectivity index (χ1n) is 8.00. The summed E-state index contributed by atoms with van der Waals surface area (Å²) < 4.78 is 26.6. The number of unbranched alkanes of at least 4 members (excludes halogenated alkanes) is 1. The van der Waals surface area contributed by atoms with E-state index in [4.69, 9.17) is 0 Å². The molecule has 128 valence electrons. The number of piperidine rings is 1. The van der Waals surface area contributed by atoms with Crippen LogP contribution < -0.4 is 4.72 Å². The lowest BCUT2D eigenvalue weighted by Gasteiger charge is -2.32. The summed E-state index contributed by atoms with van der Waals surface area (Å²) in [6.07, 6.45) is 2.82. The largest absolute Gasteiger partial charge is 0.338 e. The van der Waals surface area contributed by atoms with Crippen LogP contribution in [0.4, 0.5) is 0 Å². The average molecular weight is 357 g/mol. The van der Waals surface area contributed by atoms with Crippen molar-refractivity contribution in [1.29, 1.82) is 0 Å². The van der Waals surface area contributed by atoms with Gasteiger partial charge in [-0.1, -0.05) is 25.5 Å². The Labute approximate surface area is 143 Å². The minimum absolute atomic E-state index is 0.0390. The predicted molar refractivity (Wildman–Crippen MR) is 94.5 cm³/mol. The van der Waals surface area contributed by atoms with E-state index in [2.05, 4.69) is 17.4 Å². The lowest BCUT2D eigenvalue weighted by Crippen LogP contribution is -2.47. The Morgan fingerprint density at radius 2 is 1.96 bits per heavy atom. The molecule has 1 heterocycles. The lowest BCUT2D eigenvalue weighted by atomic mass is 10.0. The standard InChI is InChI=1S/C16H24N2O3S2/c1-2-3-12-23(20,21)17-13-8-10-18(11-9-13)16(19)14-6-4-5-7-15(14)22/h4-7,13,17,22H,2-3,8-12H2,1H3. The van der Waals surface area contributed by atoms with Crippen molar-refractivity contribution < 1.29 is 13.2 Å². The highest BCUT2D eigenvalue weighted by atomic mass is 32.2. The zero-order chi connectivity index (χ0) is 16.9. The maximum absolute atomic E-state index is 12.5. The van der Waals surface area contributed by atoms with E-state index < -0.39 is 10.0 Å². The number of hydrogen-bond acceptors (Lipinski definition) is 4. The molecule has 0 aliphatic carbocycles. The van der Waals surface area contributed by atoms with Crippen molar-refractivity contribution in [3.8, 4) is 0 Å². The van der Waals surface area contributed by atoms with Gasteiger partial charge in [-0.3, -0.25) is 4.79 Å². The Morgan fingerprint density at radius 3 is 2.57 bits per heavy atom. The molecule has 2 rings (SSSR count). The molecule has 0 saturated carbocycles. The van der Waals surface area contributed by atoms with Crippen LogP contribution in [0.3, 0.4) is 0 Å². The molecule has 23 heavy (non-hydrogen) atoms. The molecule has 1 aromatic carbocycles. The molecule has 1 aliphatic heterocycles. The van der Waals surface area contributed by atoms with Gasteiger partial charge in [0, 0.05) is 24.0 Å². The van der Waals surface area contributed by atoms with Crippen LogP contribution in [-0.4, -0.2) is 44.1 Å². The van der Waals surface area contributed by atoms with Crippen molar-refractivity contribution in [3.05, 3.63) is 29.8 Å². The van der Waals surface area contributed by atoms with Crippen LogP contribution in [0, 0.1) is 0 Å². The molecule has 0 aromatic heterocycles. The van der Waals surface area contributed by atoms with Gasteiger partial charge in [0.1, 0.15) is 0 Å². The summed E-state index contributed by atoms with van der Waals surface area (Å²) in [5, 5.41) is 0. The average Bonchev–Trinajstić information content (AvgIpc) is 2.53. The summed E-state index contributed by atoms with van der Waals surface area (Å²) in [7, 11) is -3.21. The van der Waals surface area contributed by atoms with Crippen LogP contribution in [0.5, 0.6) is 0 Å². The van der Waals surface area contributed by atoms with Gasteiger partial charge in [-0.2, -0.15) is 0 Å². The molecule has 0 atom stereocenters. The van der Waals surface area contributed by atoms with E-state index in [1.165, 1.54) is 0 Å². The molecular formula is C16H24N2O3S2. The number of carbonyl (C=O) groups is 1. The molecule has 1 aromatic rings. The summed E-state index contributed by atoms with van der Waals surface area (Å²) in [6.45, 7) is 3.09. The number of likely N-dealkylation sites (tertiary alicyclic amines) is 1. The van der Waals surface area contributed by atoms with E-state index in [0.29, 0.717) is 42.8 Å². The minimum atomic E-state index is -3.21. The monoisotopic (exact) mass is 356 g/mol. The molecule has 1 saturated heterocycles. The summed E-state index contributed by atoms with van der Waals surface area (Å²) in [5.41, 5.74) is 0.595. The van der Waals surface area contributed by atoms with Crippen molar-refractivity contribution in [2.24, 2.45) is 0 Å². The highest BCUT2D eigenvalue weighted by Gasteiger charge is 2.26. The van der Waals surface area contributed by atoms with Crippen molar-refractivity contribution in [1.82, 2.24) is 9.62 Å². The first-order valence-corrected chi connectivity index (χ1v) is 10.1. The van der Waals surface area contributed by atoms with Crippen molar-refractivity contribution in [2.75, 3.05) is 18.8 Å². The van der Waals surface area contributed by atoms with Crippen molar-refractivity contribution in [2.45, 2.75) is 43.5 Å². The Morgan fingerprint density at radius 1 is 1.30 bits per heavy atom. The second-order valence-corrected chi connectivity index (χ2v) is 8.23. The van der Waals surface area contributed by atoms with Gasteiger partial charge in [0.25, 0.3) is 5.91 Å². The number of nitrogens with one attached hydrogen (secondary N) is 1. The number of thiol groups is 1. The SMILES string of the molecule is CCCCS(=O)(=O)NC1CCN(C(=O)c2ccccc2S)CC1. The molecule has 1 aliphatic rings. The second kappa shape index (κ2) is 8.17. The normalized spacial score (nSPS) is 16.5. The molecular weight excluding hydrogens is 332 g/mol. The van der Waals surface area contributed by atoms with E-state index in [1.807, 2.05) is 19.1 Å². The van der Waals surface area contributed by atoms with E-state index >= 15 is 0 Å². The molecule has 7 heteroatoms. The third-order valence-electron chi connectivity index (χ3n) is 4.03. The topological polar surface area (TPSA) is 66.5 Å². The molecule has 1 N–H and O–H groups in total. The number of benzene rings is 1. The smallest absolute Gasteiger partial charge is 0.254 e. The number of amides is 1. The van der Waals surface area contributed by atoms with Crippen LogP contribution in [0.1, 0.15) is 43.0 Å². The van der Waals surface area contributed by atoms with Gasteiger partial charge in [-0.25, -0.2) is 13.1 Å². The quantitative estimate of drug-likeness (QED) is 0.769. The van der Waals surface area contributed by atoms with E-state index in [-0.39, 0.29) is 17.7 Å². The number of hydrogen-bond donors (Lipinski definition) is 2. The molecule has 0 unspecified atom stereocenters. The third-order valence-corrected chi connectivity index (χ3v) is 5.94. The van der Waals surface area contributed by atoms with Gasteiger partial charge in [0.15, 0.2) is 0 Å². The van der Waals surface area contributed by atoms with Crippen LogP contribution >= 0.6 is 12.6 Å². The minimum Gasteiger partial charge on any atom is -0.338 e. The number of nitrogens with zero attached hydrogens (tertiary/aromatic N) is 1. The van der Waals surface area contributed by atoms with Gasteiger partial charge in [-0.05, 0) is 31.4 Å². The Bertz CT molecular complexity index is 638. The maximum Gasteiger partial charge on any atom is 0.254 e. The molecule has 0 radical (unpaired) electrons. The second-order valence-electron chi connectivity index (χ2n) is 5.87. The van der Waals surface area contributed by atoms with Crippen LogP contribution in [0.15, 0.2) is 29.2 Å². The fourth-order valence-corrected chi connectivity index (χ4v) is 4.46. The van der Waals surface area contributed by atoms with Crippen molar-refractivity contribution >= 4 is 28.6 Å². The maximum atomic E-state index is 12.5. The first-order chi connectivity index (χ1) is 10.9. The van der Waals surface area contributed by atoms with Crippen LogP contribution in [0.25, 0.3) is 0 Å². The zero-order valence-corrected chi connectivity index (χ0v) is 15.1. The number of sulfonamides is 1. The highest BCUT2D eigenvalue weighted by Crippen LogP contribution is 2.19. The predicted octanol–water partition coefficient (Wildman–Crippen LogP) is 2.30. The fourth-order valence-electron chi connectivity index (χ4n) is 2.67. The summed E-state index contributed by atoms with van der Waals surface area (Å²) >= 11 is 4.32. The van der Waals surface area contributed by atoms with E-state index in [0.717, 1.165) is 6.42 Å². The van der Waals surface area contributed by atoms with Gasteiger partial charge < -0.3 is 4.90 Å². The highest BCUT2D eigenvalue weighted by molar-refractivity contribution is 7.89. The Hall–Kier alpha value is -1.05. The van der Waals surface area contributed by atoms with Gasteiger partial charge in [0.2, 0.25) is 10.0 Å². The lowest BCUT2D eigenvalue weighted by molar-refractivity contribution is 0.0708. The molecule has 0 spiro atoms.